The van der Waals surface area contributed by atoms with E-state index in [1.54, 1.807) is 18.5 Å². The summed E-state index contributed by atoms with van der Waals surface area (Å²) in [4.78, 5) is 15.9. The van der Waals surface area contributed by atoms with E-state index in [9.17, 15) is 4.79 Å². The van der Waals surface area contributed by atoms with Crippen LogP contribution in [0.4, 0.5) is 0 Å². The van der Waals surface area contributed by atoms with Gasteiger partial charge in [0.05, 0.1) is 22.8 Å². The van der Waals surface area contributed by atoms with Gasteiger partial charge in [-0.25, -0.2) is 4.98 Å². The van der Waals surface area contributed by atoms with Crippen LogP contribution in [-0.2, 0) is 11.8 Å². The van der Waals surface area contributed by atoms with Crippen molar-refractivity contribution in [3.8, 4) is 5.75 Å². The zero-order valence-electron chi connectivity index (χ0n) is 10.5. The number of fused-ring (bicyclic) bond motifs is 1. The highest BCUT2D eigenvalue weighted by atomic mass is 16.5. The van der Waals surface area contributed by atoms with Crippen molar-refractivity contribution in [2.24, 2.45) is 12.5 Å². The summed E-state index contributed by atoms with van der Waals surface area (Å²) in [6.07, 6.45) is 1.74. The Morgan fingerprint density at radius 1 is 1.35 bits per heavy atom. The minimum absolute atomic E-state index is 0.243. The molecule has 4 heteroatoms. The summed E-state index contributed by atoms with van der Waals surface area (Å²) in [5.41, 5.74) is 1.34. The molecule has 0 amide bonds. The predicted octanol–water partition coefficient (Wildman–Crippen LogP) is 2.52. The van der Waals surface area contributed by atoms with E-state index in [0.29, 0.717) is 5.75 Å². The smallest absolute Gasteiger partial charge is 0.316 e. The van der Waals surface area contributed by atoms with Gasteiger partial charge in [0.1, 0.15) is 5.75 Å². The largest absolute Gasteiger partial charge is 0.426 e. The molecule has 0 aliphatic carbocycles. The van der Waals surface area contributed by atoms with Crippen molar-refractivity contribution >= 4 is 17.0 Å². The molecule has 90 valence electrons. The SMILES string of the molecule is Cn1cnc2cc(OC(=O)C(C)(C)C)ccc21. The second-order valence-electron chi connectivity index (χ2n) is 5.15. The van der Waals surface area contributed by atoms with Gasteiger partial charge in [-0.1, -0.05) is 0 Å². The summed E-state index contributed by atoms with van der Waals surface area (Å²) < 4.78 is 7.23. The van der Waals surface area contributed by atoms with Gasteiger partial charge in [0.2, 0.25) is 0 Å². The fraction of sp³-hybridized carbons (Fsp3) is 0.385. The van der Waals surface area contributed by atoms with Gasteiger partial charge in [0.25, 0.3) is 0 Å². The average molecular weight is 232 g/mol. The zero-order valence-corrected chi connectivity index (χ0v) is 10.5. The highest BCUT2D eigenvalue weighted by molar-refractivity contribution is 5.81. The van der Waals surface area contributed by atoms with E-state index in [2.05, 4.69) is 4.98 Å². The molecular formula is C13H16N2O2. The van der Waals surface area contributed by atoms with Gasteiger partial charge < -0.3 is 9.30 Å². The molecule has 2 aromatic rings. The van der Waals surface area contributed by atoms with Crippen molar-refractivity contribution in [2.45, 2.75) is 20.8 Å². The first kappa shape index (κ1) is 11.6. The highest BCUT2D eigenvalue weighted by Crippen LogP contribution is 2.22. The second kappa shape index (κ2) is 3.87. The topological polar surface area (TPSA) is 44.1 Å². The fourth-order valence-electron chi connectivity index (χ4n) is 1.44. The lowest BCUT2D eigenvalue weighted by Gasteiger charge is -2.16. The van der Waals surface area contributed by atoms with Gasteiger partial charge >= 0.3 is 5.97 Å². The Labute approximate surface area is 100 Å². The Bertz CT molecular complexity index is 564. The number of carbonyl (C=O) groups excluding carboxylic acids is 1. The number of aromatic nitrogens is 2. The van der Waals surface area contributed by atoms with Crippen LogP contribution in [-0.4, -0.2) is 15.5 Å². The number of nitrogens with zero attached hydrogens (tertiary/aromatic N) is 2. The van der Waals surface area contributed by atoms with E-state index in [1.807, 2.05) is 38.5 Å². The van der Waals surface area contributed by atoms with E-state index in [0.717, 1.165) is 11.0 Å². The van der Waals surface area contributed by atoms with Gasteiger partial charge in [-0.15, -0.1) is 0 Å². The number of hydrogen-bond donors (Lipinski definition) is 0. The molecule has 1 aromatic carbocycles. The number of aryl methyl sites for hydroxylation is 1. The predicted molar refractivity (Wildman–Crippen MR) is 65.8 cm³/mol. The minimum atomic E-state index is -0.501. The van der Waals surface area contributed by atoms with Crippen LogP contribution in [0.2, 0.25) is 0 Å². The Balaban J connectivity index is 2.29. The molecule has 2 rings (SSSR count). The van der Waals surface area contributed by atoms with Gasteiger partial charge in [0.15, 0.2) is 0 Å². The first-order chi connectivity index (χ1) is 7.88. The van der Waals surface area contributed by atoms with Crippen LogP contribution in [0.15, 0.2) is 24.5 Å². The van der Waals surface area contributed by atoms with E-state index in [-0.39, 0.29) is 5.97 Å². The molecule has 0 bridgehead atoms. The number of carbonyl (C=O) groups is 1. The molecule has 4 nitrogen and oxygen atoms in total. The first-order valence-corrected chi connectivity index (χ1v) is 5.51. The maximum atomic E-state index is 11.7. The zero-order chi connectivity index (χ0) is 12.6. The molecular weight excluding hydrogens is 216 g/mol. The van der Waals surface area contributed by atoms with Crippen molar-refractivity contribution in [1.29, 1.82) is 0 Å². The molecule has 0 atom stereocenters. The molecule has 0 fully saturated rings. The quantitative estimate of drug-likeness (QED) is 0.560. The van der Waals surface area contributed by atoms with Crippen LogP contribution in [0.1, 0.15) is 20.8 Å². The molecule has 1 aromatic heterocycles. The summed E-state index contributed by atoms with van der Waals surface area (Å²) in [7, 11) is 1.93. The molecule has 0 unspecified atom stereocenters. The van der Waals surface area contributed by atoms with Crippen LogP contribution in [0, 0.1) is 5.41 Å². The molecule has 0 saturated heterocycles. The van der Waals surface area contributed by atoms with Crippen LogP contribution >= 0.6 is 0 Å². The van der Waals surface area contributed by atoms with Crippen molar-refractivity contribution in [1.82, 2.24) is 9.55 Å². The molecule has 17 heavy (non-hydrogen) atoms. The third-order valence-electron chi connectivity index (χ3n) is 2.52. The maximum absolute atomic E-state index is 11.7. The third-order valence-corrected chi connectivity index (χ3v) is 2.52. The normalized spacial score (nSPS) is 11.8. The molecule has 0 aliphatic rings. The maximum Gasteiger partial charge on any atom is 0.316 e. The summed E-state index contributed by atoms with van der Waals surface area (Å²) >= 11 is 0. The molecule has 0 radical (unpaired) electrons. The second-order valence-corrected chi connectivity index (χ2v) is 5.15. The summed E-state index contributed by atoms with van der Waals surface area (Å²) in [6.45, 7) is 5.48. The monoisotopic (exact) mass is 232 g/mol. The van der Waals surface area contributed by atoms with Crippen molar-refractivity contribution < 1.29 is 9.53 Å². The Morgan fingerprint density at radius 2 is 2.06 bits per heavy atom. The number of esters is 1. The van der Waals surface area contributed by atoms with Crippen LogP contribution < -0.4 is 4.74 Å². The minimum Gasteiger partial charge on any atom is -0.426 e. The van der Waals surface area contributed by atoms with Gasteiger partial charge in [-0.05, 0) is 32.9 Å². The molecule has 0 spiro atoms. The third kappa shape index (κ3) is 2.30. The number of ether oxygens (including phenoxy) is 1. The van der Waals surface area contributed by atoms with E-state index >= 15 is 0 Å². The lowest BCUT2D eigenvalue weighted by molar-refractivity contribution is -0.142. The van der Waals surface area contributed by atoms with Gasteiger partial charge in [-0.3, -0.25) is 4.79 Å². The molecule has 0 saturated carbocycles. The highest BCUT2D eigenvalue weighted by Gasteiger charge is 2.23. The van der Waals surface area contributed by atoms with Crippen molar-refractivity contribution in [3.63, 3.8) is 0 Å². The van der Waals surface area contributed by atoms with Gasteiger partial charge in [-0.2, -0.15) is 0 Å². The standard InChI is InChI=1S/C13H16N2O2/c1-13(2,3)12(16)17-9-5-6-11-10(7-9)14-8-15(11)4/h5-8H,1-4H3. The first-order valence-electron chi connectivity index (χ1n) is 5.51. The van der Waals surface area contributed by atoms with Gasteiger partial charge in [0, 0.05) is 13.1 Å². The lowest BCUT2D eigenvalue weighted by Crippen LogP contribution is -2.25. The number of hydrogen-bond acceptors (Lipinski definition) is 3. The van der Waals surface area contributed by atoms with E-state index in [1.165, 1.54) is 0 Å². The summed E-state index contributed by atoms with van der Waals surface area (Å²) in [5, 5.41) is 0. The number of benzene rings is 1. The van der Waals surface area contributed by atoms with Crippen LogP contribution in [0.25, 0.3) is 11.0 Å². The molecule has 0 N–H and O–H groups in total. The number of imidazole rings is 1. The molecule has 0 aliphatic heterocycles. The van der Waals surface area contributed by atoms with E-state index < -0.39 is 5.41 Å². The lowest BCUT2D eigenvalue weighted by atomic mass is 9.97. The fourth-order valence-corrected chi connectivity index (χ4v) is 1.44. The summed E-state index contributed by atoms with van der Waals surface area (Å²) in [6, 6.07) is 5.46. The van der Waals surface area contributed by atoms with E-state index in [4.69, 9.17) is 4.74 Å². The Kier molecular flexibility index (Phi) is 2.65. The Morgan fingerprint density at radius 3 is 2.71 bits per heavy atom. The van der Waals surface area contributed by atoms with Crippen LogP contribution in [0.3, 0.4) is 0 Å². The van der Waals surface area contributed by atoms with Crippen LogP contribution in [0.5, 0.6) is 5.75 Å². The number of rotatable bonds is 1. The average Bonchev–Trinajstić information content (AvgIpc) is 2.59. The summed E-state index contributed by atoms with van der Waals surface area (Å²) in [5.74, 6) is 0.295. The van der Waals surface area contributed by atoms with Crippen molar-refractivity contribution in [3.05, 3.63) is 24.5 Å². The van der Waals surface area contributed by atoms with Crippen molar-refractivity contribution in [2.75, 3.05) is 0 Å². The Hall–Kier alpha value is -1.84. The molecule has 1 heterocycles.